The first-order chi connectivity index (χ1) is 9.87. The van der Waals surface area contributed by atoms with Crippen molar-refractivity contribution in [2.45, 2.75) is 25.7 Å². The van der Waals surface area contributed by atoms with Crippen LogP contribution in [-0.2, 0) is 16.1 Å². The van der Waals surface area contributed by atoms with Gasteiger partial charge < -0.3 is 10.1 Å². The number of ether oxygens (including phenoxy) is 1. The van der Waals surface area contributed by atoms with Crippen molar-refractivity contribution in [2.75, 3.05) is 6.61 Å². The average molecular weight is 302 g/mol. The summed E-state index contributed by atoms with van der Waals surface area (Å²) in [7, 11) is 0. The van der Waals surface area contributed by atoms with Gasteiger partial charge in [0, 0.05) is 6.20 Å². The van der Waals surface area contributed by atoms with Gasteiger partial charge in [-0.1, -0.05) is 6.07 Å². The van der Waals surface area contributed by atoms with Gasteiger partial charge in [0.25, 0.3) is 0 Å². The van der Waals surface area contributed by atoms with E-state index in [2.05, 4.69) is 20.3 Å². The maximum atomic E-state index is 12.0. The van der Waals surface area contributed by atoms with Gasteiger partial charge in [0.2, 0.25) is 5.91 Å². The number of aromatic nitrogens is 3. The van der Waals surface area contributed by atoms with Crippen molar-refractivity contribution in [3.63, 3.8) is 0 Å². The molecule has 2 rings (SSSR count). The van der Waals surface area contributed by atoms with E-state index in [-0.39, 0.29) is 6.54 Å². The zero-order valence-corrected chi connectivity index (χ0v) is 11.1. The van der Waals surface area contributed by atoms with E-state index in [9.17, 15) is 18.0 Å². The maximum absolute atomic E-state index is 12.0. The number of carbonyl (C=O) groups excluding carboxylic acids is 1. The van der Waals surface area contributed by atoms with Crippen LogP contribution in [0.4, 0.5) is 13.2 Å². The van der Waals surface area contributed by atoms with Gasteiger partial charge in [-0.3, -0.25) is 9.20 Å². The minimum Gasteiger partial charge on any atom is -0.359 e. The van der Waals surface area contributed by atoms with E-state index < -0.39 is 24.8 Å². The third kappa shape index (κ3) is 4.15. The molecule has 1 unspecified atom stereocenters. The summed E-state index contributed by atoms with van der Waals surface area (Å²) in [5.74, 6) is -0.172. The molecule has 0 bridgehead atoms. The summed E-state index contributed by atoms with van der Waals surface area (Å²) in [6.07, 6.45) is -3.94. The monoisotopic (exact) mass is 302 g/mol. The van der Waals surface area contributed by atoms with Gasteiger partial charge >= 0.3 is 6.18 Å². The van der Waals surface area contributed by atoms with E-state index in [0.29, 0.717) is 11.5 Å². The fourth-order valence-corrected chi connectivity index (χ4v) is 1.62. The summed E-state index contributed by atoms with van der Waals surface area (Å²) in [5, 5.41) is 10.2. The van der Waals surface area contributed by atoms with Crippen molar-refractivity contribution in [3.8, 4) is 0 Å². The fourth-order valence-electron chi connectivity index (χ4n) is 1.62. The lowest BCUT2D eigenvalue weighted by atomic mass is 10.3. The molecule has 0 aliphatic rings. The summed E-state index contributed by atoms with van der Waals surface area (Å²) < 4.78 is 42.1. The number of nitrogens with zero attached hydrogens (tertiary/aromatic N) is 3. The van der Waals surface area contributed by atoms with Gasteiger partial charge in [-0.15, -0.1) is 10.2 Å². The van der Waals surface area contributed by atoms with Crippen LogP contribution >= 0.6 is 0 Å². The predicted octanol–water partition coefficient (Wildman–Crippen LogP) is 1.31. The molecule has 1 atom stereocenters. The zero-order chi connectivity index (χ0) is 15.5. The molecule has 21 heavy (non-hydrogen) atoms. The standard InChI is InChI=1S/C12H13F3N4O2/c1-8(21-7-12(13,14)15)11(20)16-6-10-18-17-9-4-2-3-5-19(9)10/h2-5,8H,6-7H2,1H3,(H,16,20). The van der Waals surface area contributed by atoms with Crippen molar-refractivity contribution in [1.29, 1.82) is 0 Å². The Kier molecular flexibility index (Phi) is 4.41. The van der Waals surface area contributed by atoms with Crippen molar-refractivity contribution in [1.82, 2.24) is 19.9 Å². The molecule has 1 N–H and O–H groups in total. The zero-order valence-electron chi connectivity index (χ0n) is 11.1. The lowest BCUT2D eigenvalue weighted by Gasteiger charge is -2.14. The molecular weight excluding hydrogens is 289 g/mol. The third-order valence-corrected chi connectivity index (χ3v) is 2.67. The van der Waals surface area contributed by atoms with Crippen LogP contribution in [0.15, 0.2) is 24.4 Å². The smallest absolute Gasteiger partial charge is 0.359 e. The Morgan fingerprint density at radius 1 is 1.43 bits per heavy atom. The minimum atomic E-state index is -4.46. The molecule has 0 aliphatic carbocycles. The summed E-state index contributed by atoms with van der Waals surface area (Å²) in [5.41, 5.74) is 0.614. The molecule has 2 heterocycles. The SMILES string of the molecule is CC(OCC(F)(F)F)C(=O)NCc1nnc2ccccn12. The molecule has 6 nitrogen and oxygen atoms in total. The van der Waals surface area contributed by atoms with Crippen LogP contribution < -0.4 is 5.32 Å². The second kappa shape index (κ2) is 6.08. The maximum Gasteiger partial charge on any atom is 0.411 e. The van der Waals surface area contributed by atoms with Crippen LogP contribution in [-0.4, -0.2) is 39.4 Å². The average Bonchev–Trinajstić information content (AvgIpc) is 2.84. The summed E-state index contributed by atoms with van der Waals surface area (Å²) in [6.45, 7) is -0.165. The second-order valence-corrected chi connectivity index (χ2v) is 4.33. The number of amides is 1. The van der Waals surface area contributed by atoms with Crippen LogP contribution in [0.5, 0.6) is 0 Å². The highest BCUT2D eigenvalue weighted by Gasteiger charge is 2.29. The molecular formula is C12H13F3N4O2. The first-order valence-corrected chi connectivity index (χ1v) is 6.11. The highest BCUT2D eigenvalue weighted by atomic mass is 19.4. The Balaban J connectivity index is 1.89. The van der Waals surface area contributed by atoms with Crippen LogP contribution in [0.2, 0.25) is 0 Å². The summed E-state index contributed by atoms with van der Waals surface area (Å²) in [6, 6.07) is 5.31. The van der Waals surface area contributed by atoms with Gasteiger partial charge in [0.05, 0.1) is 6.54 Å². The number of carbonyl (C=O) groups is 1. The van der Waals surface area contributed by atoms with E-state index in [1.165, 1.54) is 6.92 Å². The van der Waals surface area contributed by atoms with Crippen LogP contribution in [0.1, 0.15) is 12.7 Å². The van der Waals surface area contributed by atoms with Crippen molar-refractivity contribution in [2.24, 2.45) is 0 Å². The number of pyridine rings is 1. The molecule has 0 saturated heterocycles. The number of hydrogen-bond donors (Lipinski definition) is 1. The Morgan fingerprint density at radius 3 is 2.90 bits per heavy atom. The van der Waals surface area contributed by atoms with Gasteiger partial charge in [-0.2, -0.15) is 13.2 Å². The number of alkyl halides is 3. The first kappa shape index (κ1) is 15.2. The van der Waals surface area contributed by atoms with Crippen LogP contribution in [0, 0.1) is 0 Å². The molecule has 0 aliphatic heterocycles. The molecule has 114 valence electrons. The molecule has 0 fully saturated rings. The van der Waals surface area contributed by atoms with E-state index in [1.54, 1.807) is 28.8 Å². The third-order valence-electron chi connectivity index (χ3n) is 2.67. The molecule has 0 radical (unpaired) electrons. The molecule has 1 amide bonds. The largest absolute Gasteiger partial charge is 0.411 e. The number of rotatable bonds is 5. The lowest BCUT2D eigenvalue weighted by molar-refractivity contribution is -0.185. The molecule has 0 spiro atoms. The van der Waals surface area contributed by atoms with Crippen LogP contribution in [0.3, 0.4) is 0 Å². The Labute approximate surface area is 117 Å². The minimum absolute atomic E-state index is 0.0454. The Bertz CT molecular complexity index is 626. The number of hydrogen-bond acceptors (Lipinski definition) is 4. The van der Waals surface area contributed by atoms with Gasteiger partial charge in [-0.25, -0.2) is 0 Å². The van der Waals surface area contributed by atoms with E-state index >= 15 is 0 Å². The first-order valence-electron chi connectivity index (χ1n) is 6.11. The number of nitrogens with one attached hydrogen (secondary N) is 1. The lowest BCUT2D eigenvalue weighted by Crippen LogP contribution is -2.36. The molecule has 2 aromatic rings. The molecule has 9 heteroatoms. The van der Waals surface area contributed by atoms with Gasteiger partial charge in [-0.05, 0) is 19.1 Å². The van der Waals surface area contributed by atoms with E-state index in [1.807, 2.05) is 0 Å². The number of halogens is 3. The Morgan fingerprint density at radius 2 is 2.19 bits per heavy atom. The van der Waals surface area contributed by atoms with Gasteiger partial charge in [0.1, 0.15) is 12.7 Å². The highest BCUT2D eigenvalue weighted by molar-refractivity contribution is 5.80. The van der Waals surface area contributed by atoms with Crippen LogP contribution in [0.25, 0.3) is 5.65 Å². The summed E-state index contributed by atoms with van der Waals surface area (Å²) >= 11 is 0. The van der Waals surface area contributed by atoms with E-state index in [4.69, 9.17) is 0 Å². The normalized spacial score (nSPS) is 13.3. The van der Waals surface area contributed by atoms with Crippen molar-refractivity contribution >= 4 is 11.6 Å². The molecule has 0 aromatic carbocycles. The van der Waals surface area contributed by atoms with E-state index in [0.717, 1.165) is 0 Å². The predicted molar refractivity (Wildman–Crippen MR) is 66.3 cm³/mol. The second-order valence-electron chi connectivity index (χ2n) is 4.33. The molecule has 2 aromatic heterocycles. The number of fused-ring (bicyclic) bond motifs is 1. The fraction of sp³-hybridized carbons (Fsp3) is 0.417. The highest BCUT2D eigenvalue weighted by Crippen LogP contribution is 2.15. The molecule has 0 saturated carbocycles. The topological polar surface area (TPSA) is 68.5 Å². The van der Waals surface area contributed by atoms with Gasteiger partial charge in [0.15, 0.2) is 11.5 Å². The summed E-state index contributed by atoms with van der Waals surface area (Å²) in [4.78, 5) is 11.6. The van der Waals surface area contributed by atoms with Crippen molar-refractivity contribution in [3.05, 3.63) is 30.2 Å². The van der Waals surface area contributed by atoms with Crippen molar-refractivity contribution < 1.29 is 22.7 Å². The quantitative estimate of drug-likeness (QED) is 0.904. The Hall–Kier alpha value is -2.16.